The molecule has 0 nitrogen and oxygen atoms in total. The van der Waals surface area contributed by atoms with Gasteiger partial charge in [0.05, 0.1) is 18.8 Å². The topological polar surface area (TPSA) is 0 Å². The van der Waals surface area contributed by atoms with Gasteiger partial charge in [0.15, 0.2) is 0 Å². The minimum absolute atomic E-state index is 1.49. The maximum absolute atomic E-state index is 2.26. The molecule has 0 saturated heterocycles. The van der Waals surface area contributed by atoms with E-state index in [9.17, 15) is 0 Å². The normalized spacial score (nSPS) is 11.6. The molecule has 3 aromatic rings. The Morgan fingerprint density at radius 1 is 0.571 bits per heavy atom. The van der Waals surface area contributed by atoms with Crippen molar-refractivity contribution >= 4 is 78.8 Å². The van der Waals surface area contributed by atoms with Crippen molar-refractivity contribution in [2.75, 3.05) is 0 Å². The van der Waals surface area contributed by atoms with Crippen LogP contribution in [0.5, 0.6) is 0 Å². The lowest BCUT2D eigenvalue weighted by Crippen LogP contribution is -1.77. The van der Waals surface area contributed by atoms with Crippen LogP contribution in [0.2, 0.25) is 0 Å². The Morgan fingerprint density at radius 2 is 0.857 bits per heavy atom. The van der Waals surface area contributed by atoms with Crippen molar-refractivity contribution in [1.29, 1.82) is 0 Å². The number of hydrogen-bond donors (Lipinski definition) is 0. The Kier molecular flexibility index (Phi) is 2.46. The SMILES string of the molecule is Cc1c2sssc2c(C)c2sssc12. The molecule has 0 radical (unpaired) electrons. The molecule has 6 heteroatoms. The van der Waals surface area contributed by atoms with Gasteiger partial charge in [-0.05, 0) is 43.7 Å². The Morgan fingerprint density at radius 3 is 1.14 bits per heavy atom. The highest BCUT2D eigenvalue weighted by molar-refractivity contribution is 7.99. The van der Waals surface area contributed by atoms with Gasteiger partial charge in [0.2, 0.25) is 0 Å². The summed E-state index contributed by atoms with van der Waals surface area (Å²) in [5.41, 5.74) is 2.98. The molecule has 0 saturated carbocycles. The second-order valence-corrected chi connectivity index (χ2v) is 10.9. The molecular weight excluding hydrogens is 288 g/mol. The highest BCUT2D eigenvalue weighted by atomic mass is 33.2. The number of fused-ring (bicyclic) bond motifs is 2. The molecule has 3 rings (SSSR count). The first kappa shape index (κ1) is 9.74. The lowest BCUT2D eigenvalue weighted by atomic mass is 10.2. The van der Waals surface area contributed by atoms with Crippen LogP contribution in [0.15, 0.2) is 0 Å². The van der Waals surface area contributed by atoms with E-state index in [4.69, 9.17) is 0 Å². The van der Waals surface area contributed by atoms with Crippen LogP contribution in [0.25, 0.3) is 18.8 Å². The van der Waals surface area contributed by atoms with Crippen LogP contribution in [-0.4, -0.2) is 0 Å². The quantitative estimate of drug-likeness (QED) is 0.439. The smallest absolute Gasteiger partial charge is 0.0613 e. The predicted octanol–water partition coefficient (Wildman–Crippen LogP) is 6.10. The molecule has 0 aliphatic rings. The van der Waals surface area contributed by atoms with Gasteiger partial charge in [-0.1, -0.05) is 41.4 Å². The average molecular weight is 295 g/mol. The lowest BCUT2D eigenvalue weighted by molar-refractivity contribution is 1.60. The van der Waals surface area contributed by atoms with Crippen LogP contribution in [0.4, 0.5) is 0 Å². The van der Waals surface area contributed by atoms with E-state index < -0.39 is 0 Å². The van der Waals surface area contributed by atoms with Crippen LogP contribution < -0.4 is 0 Å². The molecule has 0 atom stereocenters. The van der Waals surface area contributed by atoms with Gasteiger partial charge >= 0.3 is 0 Å². The average Bonchev–Trinajstić information content (AvgIpc) is 2.82. The van der Waals surface area contributed by atoms with Gasteiger partial charge in [0.25, 0.3) is 0 Å². The van der Waals surface area contributed by atoms with Gasteiger partial charge in [0.1, 0.15) is 0 Å². The van der Waals surface area contributed by atoms with Gasteiger partial charge in [-0.15, -0.1) is 0 Å². The molecule has 0 spiro atoms. The predicted molar refractivity (Wildman–Crippen MR) is 75.8 cm³/mol. The van der Waals surface area contributed by atoms with E-state index in [1.807, 2.05) is 60.0 Å². The molecule has 0 fully saturated rings. The summed E-state index contributed by atoms with van der Waals surface area (Å²) in [5.74, 6) is 0. The standard InChI is InChI=1S/C8H6S6/c1-3-5-7(11-13-9-5)4(2)8-6(3)10-14-12-8/h1-2H3. The molecule has 0 amide bonds. The fourth-order valence-electron chi connectivity index (χ4n) is 1.46. The zero-order valence-corrected chi connectivity index (χ0v) is 12.3. The van der Waals surface area contributed by atoms with Crippen molar-refractivity contribution in [2.45, 2.75) is 13.8 Å². The minimum Gasteiger partial charge on any atom is -0.0680 e. The summed E-state index contributed by atoms with van der Waals surface area (Å²) in [4.78, 5) is 0. The zero-order chi connectivity index (χ0) is 9.71. The molecule has 74 valence electrons. The third-order valence-corrected chi connectivity index (χ3v) is 10.7. The van der Waals surface area contributed by atoms with Crippen LogP contribution in [0.1, 0.15) is 11.1 Å². The first-order valence-corrected chi connectivity index (χ1v) is 10.9. The summed E-state index contributed by atoms with van der Waals surface area (Å²) in [5, 5.41) is 0. The Labute approximate surface area is 103 Å². The van der Waals surface area contributed by atoms with Gasteiger partial charge < -0.3 is 0 Å². The van der Waals surface area contributed by atoms with Crippen LogP contribution in [0, 0.1) is 13.8 Å². The summed E-state index contributed by atoms with van der Waals surface area (Å²) >= 11 is 0. The maximum Gasteiger partial charge on any atom is 0.0613 e. The van der Waals surface area contributed by atoms with Crippen molar-refractivity contribution in [2.24, 2.45) is 0 Å². The zero-order valence-electron chi connectivity index (χ0n) is 7.45. The molecule has 0 unspecified atom stereocenters. The molecule has 2 aromatic heterocycles. The molecule has 1 aromatic carbocycles. The molecule has 0 N–H and O–H groups in total. The molecule has 14 heavy (non-hydrogen) atoms. The lowest BCUT2D eigenvalue weighted by Gasteiger charge is -2.00. The first-order valence-electron chi connectivity index (χ1n) is 3.98. The second-order valence-electron chi connectivity index (χ2n) is 3.04. The van der Waals surface area contributed by atoms with Gasteiger partial charge in [0, 0.05) is 0 Å². The highest BCUT2D eigenvalue weighted by Crippen LogP contribution is 2.45. The van der Waals surface area contributed by atoms with Gasteiger partial charge in [-0.3, -0.25) is 0 Å². The van der Waals surface area contributed by atoms with E-state index in [0.717, 1.165) is 0 Å². The molecular formula is C8H6S6. The molecule has 0 bridgehead atoms. The summed E-state index contributed by atoms with van der Waals surface area (Å²) in [7, 11) is 11.5. The second kappa shape index (κ2) is 3.54. The summed E-state index contributed by atoms with van der Waals surface area (Å²) < 4.78 is 6.03. The van der Waals surface area contributed by atoms with E-state index in [0.29, 0.717) is 0 Å². The van der Waals surface area contributed by atoms with Crippen molar-refractivity contribution in [1.82, 2.24) is 0 Å². The van der Waals surface area contributed by atoms with Crippen LogP contribution in [0.3, 0.4) is 0 Å². The van der Waals surface area contributed by atoms with Crippen LogP contribution >= 0.6 is 60.0 Å². The molecule has 0 aliphatic carbocycles. The number of aryl methyl sites for hydroxylation is 2. The minimum atomic E-state index is 1.49. The van der Waals surface area contributed by atoms with E-state index in [-0.39, 0.29) is 0 Å². The summed E-state index contributed by atoms with van der Waals surface area (Å²) in [6.45, 7) is 4.52. The molecule has 0 aliphatic heterocycles. The monoisotopic (exact) mass is 294 g/mol. The number of rotatable bonds is 0. The fourth-order valence-corrected chi connectivity index (χ4v) is 11.5. The van der Waals surface area contributed by atoms with Crippen molar-refractivity contribution in [3.63, 3.8) is 0 Å². The van der Waals surface area contributed by atoms with E-state index in [2.05, 4.69) is 13.8 Å². The first-order chi connectivity index (χ1) is 6.79. The third-order valence-electron chi connectivity index (χ3n) is 2.24. The maximum atomic E-state index is 2.26. The van der Waals surface area contributed by atoms with Crippen molar-refractivity contribution in [3.05, 3.63) is 11.1 Å². The van der Waals surface area contributed by atoms with Gasteiger partial charge in [-0.2, -0.15) is 0 Å². The largest absolute Gasteiger partial charge is 0.0680 e. The number of hydrogen-bond acceptors (Lipinski definition) is 6. The van der Waals surface area contributed by atoms with Gasteiger partial charge in [-0.25, -0.2) is 0 Å². The summed E-state index contributed by atoms with van der Waals surface area (Å²) in [6, 6.07) is 0. The Hall–Kier alpha value is 0.540. The Bertz CT molecular complexity index is 516. The van der Waals surface area contributed by atoms with E-state index in [1.54, 1.807) is 0 Å². The van der Waals surface area contributed by atoms with Crippen molar-refractivity contribution in [3.8, 4) is 0 Å². The van der Waals surface area contributed by atoms with E-state index in [1.165, 1.54) is 29.9 Å². The van der Waals surface area contributed by atoms with E-state index >= 15 is 0 Å². The van der Waals surface area contributed by atoms with Crippen molar-refractivity contribution < 1.29 is 0 Å². The fraction of sp³-hybridized carbons (Fsp3) is 0.250. The molecule has 2 heterocycles. The number of benzene rings is 1. The highest BCUT2D eigenvalue weighted by Gasteiger charge is 2.12. The summed E-state index contributed by atoms with van der Waals surface area (Å²) in [6.07, 6.45) is 0. The Balaban J connectivity index is 2.72. The van der Waals surface area contributed by atoms with Crippen LogP contribution in [-0.2, 0) is 0 Å². The third kappa shape index (κ3) is 1.25.